The molecule has 0 saturated carbocycles. The Bertz CT molecular complexity index is 547. The van der Waals surface area contributed by atoms with E-state index < -0.39 is 97.5 Å². The van der Waals surface area contributed by atoms with Crippen LogP contribution in [0.2, 0.25) is 0 Å². The first-order chi connectivity index (χ1) is 14.1. The predicted octanol–water partition coefficient (Wildman–Crippen LogP) is 5.49. The molecule has 0 aromatic carbocycles. The van der Waals surface area contributed by atoms with Gasteiger partial charge in [0.2, 0.25) is 12.1 Å². The lowest BCUT2D eigenvalue weighted by atomic mass is 10.1. The van der Waals surface area contributed by atoms with Gasteiger partial charge in [-0.1, -0.05) is 12.8 Å². The lowest BCUT2D eigenvalue weighted by Crippen LogP contribution is -2.57. The lowest BCUT2D eigenvalue weighted by molar-refractivity contribution is -0.282. The summed E-state index contributed by atoms with van der Waals surface area (Å²) in [7, 11) is 0. The van der Waals surface area contributed by atoms with Gasteiger partial charge < -0.3 is 10.2 Å². The topological polar surface area (TPSA) is 81.1 Å². The van der Waals surface area contributed by atoms with Gasteiger partial charge in [0.25, 0.3) is 0 Å². The van der Waals surface area contributed by atoms with Gasteiger partial charge in [-0.3, -0.25) is 9.80 Å². The number of nitrogens with zero attached hydrogens (tertiary/aromatic N) is 2. The minimum atomic E-state index is -6.00. The molecule has 6 nitrogen and oxygen atoms in total. The molecule has 18 heteroatoms. The van der Waals surface area contributed by atoms with Gasteiger partial charge >= 0.3 is 36.9 Å². The Morgan fingerprint density at radius 1 is 0.531 bits per heavy atom. The molecule has 0 aliphatic heterocycles. The Kier molecular flexibility index (Phi) is 9.79. The van der Waals surface area contributed by atoms with Gasteiger partial charge in [-0.15, -0.1) is 0 Å². The van der Waals surface area contributed by atoms with Crippen molar-refractivity contribution in [3.8, 4) is 0 Å². The fourth-order valence-corrected chi connectivity index (χ4v) is 2.67. The fraction of sp³-hybridized carbons (Fsp3) is 0.857. The highest BCUT2D eigenvalue weighted by atomic mass is 19.4. The van der Waals surface area contributed by atoms with Gasteiger partial charge in [0.1, 0.15) is 0 Å². The molecule has 0 rings (SSSR count). The maximum Gasteiger partial charge on any atom is 0.417 e. The lowest BCUT2D eigenvalue weighted by Gasteiger charge is -2.32. The van der Waals surface area contributed by atoms with Crippen molar-refractivity contribution in [1.29, 1.82) is 0 Å². The van der Waals surface area contributed by atoms with Crippen LogP contribution in [0.1, 0.15) is 25.7 Å². The maximum atomic E-state index is 12.6. The van der Waals surface area contributed by atoms with Gasteiger partial charge in [0.15, 0.2) is 0 Å². The summed E-state index contributed by atoms with van der Waals surface area (Å²) in [5.74, 6) is 0. The van der Waals surface area contributed by atoms with Crippen molar-refractivity contribution in [2.45, 2.75) is 62.5 Å². The van der Waals surface area contributed by atoms with E-state index in [1.54, 1.807) is 0 Å². The summed E-state index contributed by atoms with van der Waals surface area (Å²) >= 11 is 0. The first-order valence-electron chi connectivity index (χ1n) is 8.37. The largest absolute Gasteiger partial charge is 0.465 e. The molecule has 2 N–H and O–H groups in total. The summed E-state index contributed by atoms with van der Waals surface area (Å²) < 4.78 is 151. The van der Waals surface area contributed by atoms with E-state index in [1.807, 2.05) is 0 Å². The standard InChI is InChI=1S/C14H16F12N2O4/c15-11(16,17)7(12(18,19)20)27(9(29)30)5-3-1-2-4-6-28(10(31)32)8(13(21,22)23)14(24,25)26/h7-8H,1-6H2,(H,29,30)(H,31,32). The maximum absolute atomic E-state index is 12.6. The van der Waals surface area contributed by atoms with Crippen LogP contribution in [0.25, 0.3) is 0 Å². The monoisotopic (exact) mass is 504 g/mol. The SMILES string of the molecule is O=C(O)N(CCCCCCN(C(=O)O)C(C(F)(F)F)C(F)(F)F)C(C(F)(F)F)C(F)(F)F. The van der Waals surface area contributed by atoms with Crippen molar-refractivity contribution in [3.63, 3.8) is 0 Å². The van der Waals surface area contributed by atoms with Gasteiger partial charge in [0, 0.05) is 13.1 Å². The Morgan fingerprint density at radius 2 is 0.750 bits per heavy atom. The molecule has 190 valence electrons. The number of hydrogen-bond donors (Lipinski definition) is 2. The number of rotatable bonds is 9. The summed E-state index contributed by atoms with van der Waals surface area (Å²) in [5.41, 5.74) is 0. The Hall–Kier alpha value is -2.30. The van der Waals surface area contributed by atoms with E-state index in [-0.39, 0.29) is 0 Å². The first-order valence-corrected chi connectivity index (χ1v) is 8.37. The molecule has 0 atom stereocenters. The quantitative estimate of drug-likeness (QED) is 0.322. The number of amides is 2. The second-order valence-electron chi connectivity index (χ2n) is 6.34. The van der Waals surface area contributed by atoms with E-state index >= 15 is 0 Å². The second-order valence-corrected chi connectivity index (χ2v) is 6.34. The molecule has 32 heavy (non-hydrogen) atoms. The highest BCUT2D eigenvalue weighted by Crippen LogP contribution is 2.38. The van der Waals surface area contributed by atoms with Crippen LogP contribution in [-0.2, 0) is 0 Å². The van der Waals surface area contributed by atoms with Gasteiger partial charge in [-0.05, 0) is 12.8 Å². The van der Waals surface area contributed by atoms with Crippen molar-refractivity contribution in [1.82, 2.24) is 9.80 Å². The molecule has 0 aliphatic carbocycles. The van der Waals surface area contributed by atoms with Crippen LogP contribution >= 0.6 is 0 Å². The summed E-state index contributed by atoms with van der Waals surface area (Å²) in [4.78, 5) is 19.8. The number of hydrogen-bond acceptors (Lipinski definition) is 2. The fourth-order valence-electron chi connectivity index (χ4n) is 2.67. The number of carboxylic acid groups (broad SMARTS) is 2. The molecule has 0 fully saturated rings. The van der Waals surface area contributed by atoms with Crippen molar-refractivity contribution < 1.29 is 72.5 Å². The number of halogens is 12. The molecule has 0 heterocycles. The van der Waals surface area contributed by atoms with Crippen LogP contribution in [0.3, 0.4) is 0 Å². The molecule has 0 radical (unpaired) electrons. The van der Waals surface area contributed by atoms with E-state index in [0.29, 0.717) is 0 Å². The van der Waals surface area contributed by atoms with Crippen molar-refractivity contribution in [2.75, 3.05) is 13.1 Å². The highest BCUT2D eigenvalue weighted by Gasteiger charge is 2.62. The number of alkyl halides is 12. The summed E-state index contributed by atoms with van der Waals surface area (Å²) in [6.45, 7) is -2.59. The van der Waals surface area contributed by atoms with E-state index in [4.69, 9.17) is 10.2 Å². The number of unbranched alkanes of at least 4 members (excludes halogenated alkanes) is 3. The Balaban J connectivity index is 5.01. The third-order valence-corrected chi connectivity index (χ3v) is 3.90. The minimum absolute atomic E-state index is 0.414. The van der Waals surface area contributed by atoms with Gasteiger partial charge in [-0.2, -0.15) is 52.7 Å². The van der Waals surface area contributed by atoms with Crippen LogP contribution in [0, 0.1) is 0 Å². The summed E-state index contributed by atoms with van der Waals surface area (Å²) in [6, 6.07) is -8.68. The summed E-state index contributed by atoms with van der Waals surface area (Å²) in [6.07, 6.45) is -31.3. The highest BCUT2D eigenvalue weighted by molar-refractivity contribution is 5.66. The molecule has 0 unspecified atom stereocenters. The second kappa shape index (κ2) is 10.5. The first kappa shape index (κ1) is 29.7. The van der Waals surface area contributed by atoms with Crippen LogP contribution in [0.5, 0.6) is 0 Å². The van der Waals surface area contributed by atoms with E-state index in [2.05, 4.69) is 0 Å². The molecular weight excluding hydrogens is 488 g/mol. The predicted molar refractivity (Wildman–Crippen MR) is 79.7 cm³/mol. The molecule has 0 aliphatic rings. The molecule has 0 aromatic rings. The van der Waals surface area contributed by atoms with Crippen LogP contribution in [0.4, 0.5) is 62.3 Å². The van der Waals surface area contributed by atoms with Crippen molar-refractivity contribution in [3.05, 3.63) is 0 Å². The van der Waals surface area contributed by atoms with Gasteiger partial charge in [0.05, 0.1) is 0 Å². The smallest absolute Gasteiger partial charge is 0.417 e. The normalized spacial score (nSPS) is 13.6. The van der Waals surface area contributed by atoms with E-state index in [9.17, 15) is 62.3 Å². The average Bonchev–Trinajstić information content (AvgIpc) is 2.49. The van der Waals surface area contributed by atoms with Crippen LogP contribution in [0.15, 0.2) is 0 Å². The number of carbonyl (C=O) groups is 2. The molecule has 0 aromatic heterocycles. The molecule has 2 amide bonds. The Morgan fingerprint density at radius 3 is 0.906 bits per heavy atom. The molecule has 0 spiro atoms. The zero-order valence-corrected chi connectivity index (χ0v) is 15.5. The van der Waals surface area contributed by atoms with Gasteiger partial charge in [-0.25, -0.2) is 9.59 Å². The Labute approximate surface area is 171 Å². The zero-order chi connectivity index (χ0) is 25.7. The van der Waals surface area contributed by atoms with E-state index in [0.717, 1.165) is 0 Å². The summed E-state index contributed by atoms with van der Waals surface area (Å²) in [5, 5.41) is 17.3. The van der Waals surface area contributed by atoms with Crippen LogP contribution < -0.4 is 0 Å². The molecular formula is C14H16F12N2O4. The minimum Gasteiger partial charge on any atom is -0.465 e. The van der Waals surface area contributed by atoms with E-state index in [1.165, 1.54) is 0 Å². The zero-order valence-electron chi connectivity index (χ0n) is 15.5. The van der Waals surface area contributed by atoms with Crippen molar-refractivity contribution >= 4 is 12.2 Å². The molecule has 0 saturated heterocycles. The third-order valence-electron chi connectivity index (χ3n) is 3.90. The van der Waals surface area contributed by atoms with Crippen molar-refractivity contribution in [2.24, 2.45) is 0 Å². The average molecular weight is 504 g/mol. The van der Waals surface area contributed by atoms with Crippen LogP contribution in [-0.4, -0.2) is 82.1 Å². The molecule has 0 bridgehead atoms. The third kappa shape index (κ3) is 9.05.